The number of carbonyl (C=O) groups is 3. The van der Waals surface area contributed by atoms with Gasteiger partial charge in [0.25, 0.3) is 6.29 Å². The van der Waals surface area contributed by atoms with Crippen molar-refractivity contribution in [3.05, 3.63) is 97.2 Å². The van der Waals surface area contributed by atoms with Gasteiger partial charge in [0.05, 0.1) is 34.4 Å². The number of nitrogens with zero attached hydrogens (tertiary/aromatic N) is 1. The molecule has 0 rings (SSSR count). The minimum atomic E-state index is -1.51. The summed E-state index contributed by atoms with van der Waals surface area (Å²) in [5, 5.41) is 9.75. The third-order valence-corrected chi connectivity index (χ3v) is 15.3. The van der Waals surface area contributed by atoms with Crippen LogP contribution < -0.4 is 0 Å². The van der Waals surface area contributed by atoms with Gasteiger partial charge in [-0.3, -0.25) is 9.59 Å². The second kappa shape index (κ2) is 66.2. The third-order valence-electron chi connectivity index (χ3n) is 15.3. The molecule has 0 saturated heterocycles. The number of ether oxygens (including phenoxy) is 4. The van der Waals surface area contributed by atoms with Gasteiger partial charge < -0.3 is 28.5 Å². The average Bonchev–Trinajstić information content (AvgIpc) is 3.49. The van der Waals surface area contributed by atoms with Crippen LogP contribution in [-0.4, -0.2) is 87.4 Å². The first-order chi connectivity index (χ1) is 41.6. The number of carboxylic acids is 1. The van der Waals surface area contributed by atoms with E-state index in [0.29, 0.717) is 17.4 Å². The summed E-state index contributed by atoms with van der Waals surface area (Å²) in [6.45, 7) is 4.78. The molecule has 0 heterocycles. The van der Waals surface area contributed by atoms with Crippen LogP contribution in [0.3, 0.4) is 0 Å². The van der Waals surface area contributed by atoms with Crippen LogP contribution in [0.5, 0.6) is 0 Å². The van der Waals surface area contributed by atoms with E-state index in [9.17, 15) is 19.5 Å². The number of hydrogen-bond donors (Lipinski definition) is 1. The summed E-state index contributed by atoms with van der Waals surface area (Å²) in [6.07, 6.45) is 88.0. The number of esters is 2. The lowest BCUT2D eigenvalue weighted by molar-refractivity contribution is -0.870. The van der Waals surface area contributed by atoms with E-state index in [4.69, 9.17) is 18.9 Å². The molecule has 0 radical (unpaired) electrons. The topological polar surface area (TPSA) is 108 Å². The predicted molar refractivity (Wildman–Crippen MR) is 364 cm³/mol. The summed E-state index contributed by atoms with van der Waals surface area (Å²) in [6, 6.07) is 0. The highest BCUT2D eigenvalue weighted by atomic mass is 16.7. The van der Waals surface area contributed by atoms with E-state index in [1.807, 2.05) is 21.1 Å². The third kappa shape index (κ3) is 67.6. The molecule has 0 amide bonds. The SMILES string of the molecule is CC/C=C\C/C=C\C/C=C\C/C=C\C/C=C\CCCCCCCCCCCCCCCCCCCC(=O)OC(COC(=O)CCCCCCCCCCCCCC/C=C\C/C=C\C/C=C\CCCCCCC)COC(OCC[N+](C)(C)C)C(=O)O. The molecule has 0 spiro atoms. The van der Waals surface area contributed by atoms with Crippen molar-refractivity contribution in [3.63, 3.8) is 0 Å². The summed E-state index contributed by atoms with van der Waals surface area (Å²) in [7, 11) is 5.98. The fraction of sp³-hybridized carbons (Fsp3) is 0.750. The highest BCUT2D eigenvalue weighted by Gasteiger charge is 2.25. The van der Waals surface area contributed by atoms with Crippen LogP contribution in [0, 0.1) is 0 Å². The van der Waals surface area contributed by atoms with E-state index in [0.717, 1.165) is 83.5 Å². The molecule has 0 saturated carbocycles. The Morgan fingerprint density at radius 1 is 0.365 bits per heavy atom. The van der Waals surface area contributed by atoms with E-state index in [-0.39, 0.29) is 32.2 Å². The Labute approximate surface area is 524 Å². The van der Waals surface area contributed by atoms with Crippen molar-refractivity contribution in [2.75, 3.05) is 47.5 Å². The molecule has 0 aliphatic rings. The molecule has 85 heavy (non-hydrogen) atoms. The Morgan fingerprint density at radius 2 is 0.671 bits per heavy atom. The molecule has 0 aromatic carbocycles. The fourth-order valence-corrected chi connectivity index (χ4v) is 9.93. The molecule has 0 aliphatic heterocycles. The fourth-order valence-electron chi connectivity index (χ4n) is 9.93. The monoisotopic (exact) mass is 1190 g/mol. The van der Waals surface area contributed by atoms with Gasteiger partial charge in [-0.15, -0.1) is 0 Å². The molecular formula is C76H134NO8+. The van der Waals surface area contributed by atoms with Gasteiger partial charge in [0, 0.05) is 12.8 Å². The van der Waals surface area contributed by atoms with Gasteiger partial charge >= 0.3 is 17.9 Å². The number of rotatable bonds is 65. The summed E-state index contributed by atoms with van der Waals surface area (Å²) >= 11 is 0. The van der Waals surface area contributed by atoms with Crippen molar-refractivity contribution in [1.82, 2.24) is 0 Å². The number of allylic oxidation sites excluding steroid dienone is 16. The molecule has 0 aromatic heterocycles. The number of hydrogen-bond acceptors (Lipinski definition) is 7. The maximum Gasteiger partial charge on any atom is 0.361 e. The van der Waals surface area contributed by atoms with Crippen LogP contribution in [0.25, 0.3) is 0 Å². The zero-order valence-corrected chi connectivity index (χ0v) is 56.0. The van der Waals surface area contributed by atoms with Crippen LogP contribution >= 0.6 is 0 Å². The first-order valence-corrected chi connectivity index (χ1v) is 35.4. The van der Waals surface area contributed by atoms with Gasteiger partial charge in [-0.2, -0.15) is 0 Å². The number of quaternary nitrogens is 1. The molecule has 0 aliphatic carbocycles. The van der Waals surface area contributed by atoms with E-state index >= 15 is 0 Å². The van der Waals surface area contributed by atoms with Crippen molar-refractivity contribution in [2.24, 2.45) is 0 Å². The quantitative estimate of drug-likeness (QED) is 0.0211. The minimum Gasteiger partial charge on any atom is -0.477 e. The highest BCUT2D eigenvalue weighted by Crippen LogP contribution is 2.17. The molecule has 2 unspecified atom stereocenters. The first kappa shape index (κ1) is 81.2. The highest BCUT2D eigenvalue weighted by molar-refractivity contribution is 5.71. The second-order valence-corrected chi connectivity index (χ2v) is 24.8. The lowest BCUT2D eigenvalue weighted by atomic mass is 10.0. The Bertz CT molecular complexity index is 1720. The number of unbranched alkanes of at least 4 members (excludes halogenated alkanes) is 34. The van der Waals surface area contributed by atoms with Crippen molar-refractivity contribution in [3.8, 4) is 0 Å². The lowest BCUT2D eigenvalue weighted by Gasteiger charge is -2.25. The molecule has 0 aromatic rings. The van der Waals surface area contributed by atoms with Crippen molar-refractivity contribution >= 4 is 17.9 Å². The van der Waals surface area contributed by atoms with Gasteiger partial charge in [0.2, 0.25) is 0 Å². The standard InChI is InChI=1S/C76H133NO8/c1-6-8-10-12-14-16-18-20-22-24-26-28-30-32-34-35-36-37-38-39-41-43-45-47-49-51-53-55-57-59-61-63-65-67-74(79)85-72(71-84-76(75(80)81)82-69-68-77(3,4)5)70-83-73(78)66-64-62-60-58-56-54-52-50-48-46-44-42-40-33-31-29-27-25-23-21-19-17-15-13-11-9-7-2/h8,10,14,16,19-22,25-28,31-34,72,76H,6-7,9,11-13,15,17-18,23-24,29-30,35-71H2,1-5H3/p+1/b10-8-,16-14-,21-19-,22-20-,27-25-,28-26-,33-31-,34-32-. The van der Waals surface area contributed by atoms with Gasteiger partial charge in [0.15, 0.2) is 6.10 Å². The molecule has 0 fully saturated rings. The van der Waals surface area contributed by atoms with Crippen LogP contribution in [0.15, 0.2) is 97.2 Å². The molecule has 2 atom stereocenters. The second-order valence-electron chi connectivity index (χ2n) is 24.8. The molecule has 490 valence electrons. The van der Waals surface area contributed by atoms with Crippen molar-refractivity contribution in [2.45, 2.75) is 322 Å². The van der Waals surface area contributed by atoms with E-state index in [1.54, 1.807) is 0 Å². The molecule has 9 nitrogen and oxygen atoms in total. The van der Waals surface area contributed by atoms with Crippen molar-refractivity contribution < 1.29 is 42.9 Å². The van der Waals surface area contributed by atoms with Crippen LogP contribution in [0.1, 0.15) is 309 Å². The molecule has 1 N–H and O–H groups in total. The number of likely N-dealkylation sites (N-methyl/N-ethyl adjacent to an activating group) is 1. The smallest absolute Gasteiger partial charge is 0.361 e. The molecular weight excluding hydrogens is 1050 g/mol. The van der Waals surface area contributed by atoms with Gasteiger partial charge in [-0.1, -0.05) is 297 Å². The Hall–Kier alpha value is -3.79. The van der Waals surface area contributed by atoms with E-state index in [2.05, 4.69) is 111 Å². The predicted octanol–water partition coefficient (Wildman–Crippen LogP) is 22.0. The Balaban J connectivity index is 4.10. The van der Waals surface area contributed by atoms with E-state index < -0.39 is 24.3 Å². The number of aliphatic carboxylic acids is 1. The van der Waals surface area contributed by atoms with Crippen LogP contribution in [0.4, 0.5) is 0 Å². The largest absolute Gasteiger partial charge is 0.477 e. The van der Waals surface area contributed by atoms with Gasteiger partial charge in [-0.25, -0.2) is 4.79 Å². The van der Waals surface area contributed by atoms with Crippen LogP contribution in [0.2, 0.25) is 0 Å². The first-order valence-electron chi connectivity index (χ1n) is 35.4. The van der Waals surface area contributed by atoms with Gasteiger partial charge in [-0.05, 0) is 96.3 Å². The maximum absolute atomic E-state index is 13.0. The summed E-state index contributed by atoms with van der Waals surface area (Å²) in [4.78, 5) is 37.6. The Morgan fingerprint density at radius 3 is 1.00 bits per heavy atom. The maximum atomic E-state index is 13.0. The van der Waals surface area contributed by atoms with Crippen molar-refractivity contribution in [1.29, 1.82) is 0 Å². The zero-order valence-electron chi connectivity index (χ0n) is 56.0. The lowest BCUT2D eigenvalue weighted by Crippen LogP contribution is -2.40. The normalized spacial score (nSPS) is 13.3. The zero-order chi connectivity index (χ0) is 61.9. The molecule has 0 bridgehead atoms. The Kier molecular flexibility index (Phi) is 63.2. The van der Waals surface area contributed by atoms with Crippen LogP contribution in [-0.2, 0) is 33.3 Å². The number of carboxylic acid groups (broad SMARTS) is 1. The summed E-state index contributed by atoms with van der Waals surface area (Å²) in [5.74, 6) is -2.00. The molecule has 9 heteroatoms. The van der Waals surface area contributed by atoms with Gasteiger partial charge in [0.1, 0.15) is 13.2 Å². The average molecular weight is 1190 g/mol. The van der Waals surface area contributed by atoms with E-state index in [1.165, 1.54) is 199 Å². The number of carbonyl (C=O) groups excluding carboxylic acids is 2. The summed E-state index contributed by atoms with van der Waals surface area (Å²) in [5.41, 5.74) is 0. The summed E-state index contributed by atoms with van der Waals surface area (Å²) < 4.78 is 23.0. The minimum absolute atomic E-state index is 0.184.